The number of aryl methyl sites for hydroxylation is 1. The molecule has 174 valence electrons. The third-order valence-corrected chi connectivity index (χ3v) is 5.61. The van der Waals surface area contributed by atoms with Crippen LogP contribution in [0.2, 0.25) is 0 Å². The van der Waals surface area contributed by atoms with Gasteiger partial charge in [0.2, 0.25) is 21.8 Å². The van der Waals surface area contributed by atoms with Gasteiger partial charge < -0.3 is 15.4 Å². The Bertz CT molecular complexity index is 1040. The summed E-state index contributed by atoms with van der Waals surface area (Å²) < 4.78 is 66.7. The second-order valence-corrected chi connectivity index (χ2v) is 8.27. The first kappa shape index (κ1) is 25.1. The van der Waals surface area contributed by atoms with Crippen molar-refractivity contribution in [2.75, 3.05) is 18.4 Å². The Hall–Kier alpha value is -3.12. The van der Waals surface area contributed by atoms with E-state index in [0.29, 0.717) is 5.69 Å². The molecule has 0 radical (unpaired) electrons. The molecule has 0 unspecified atom stereocenters. The molecule has 2 amide bonds. The summed E-state index contributed by atoms with van der Waals surface area (Å²) in [5.74, 6) is -1.54. The molecule has 0 heterocycles. The van der Waals surface area contributed by atoms with E-state index in [-0.39, 0.29) is 24.4 Å². The molecule has 3 N–H and O–H groups in total. The zero-order valence-corrected chi connectivity index (χ0v) is 17.8. The van der Waals surface area contributed by atoms with Crippen molar-refractivity contribution in [2.45, 2.75) is 31.0 Å². The minimum atomic E-state index is -4.89. The van der Waals surface area contributed by atoms with Crippen LogP contribution in [-0.4, -0.2) is 39.7 Å². The van der Waals surface area contributed by atoms with E-state index in [4.69, 9.17) is 0 Å². The minimum Gasteiger partial charge on any atom is -0.406 e. The van der Waals surface area contributed by atoms with Gasteiger partial charge in [-0.25, -0.2) is 13.1 Å². The number of carbonyl (C=O) groups excluding carboxylic acids is 2. The lowest BCUT2D eigenvalue weighted by molar-refractivity contribution is -0.274. The third kappa shape index (κ3) is 8.19. The number of benzene rings is 2. The lowest BCUT2D eigenvalue weighted by Crippen LogP contribution is -2.35. The van der Waals surface area contributed by atoms with E-state index in [9.17, 15) is 31.2 Å². The molecule has 2 aromatic rings. The first-order valence-electron chi connectivity index (χ1n) is 9.50. The number of carbonyl (C=O) groups is 2. The summed E-state index contributed by atoms with van der Waals surface area (Å²) in [7, 11) is -4.04. The smallest absolute Gasteiger partial charge is 0.406 e. The van der Waals surface area contributed by atoms with E-state index in [0.717, 1.165) is 36.2 Å². The fourth-order valence-corrected chi connectivity index (χ4v) is 3.65. The van der Waals surface area contributed by atoms with Crippen molar-refractivity contribution in [1.29, 1.82) is 0 Å². The highest BCUT2D eigenvalue weighted by atomic mass is 32.2. The molecule has 0 aliphatic heterocycles. The van der Waals surface area contributed by atoms with Gasteiger partial charge in [0.25, 0.3) is 0 Å². The van der Waals surface area contributed by atoms with Gasteiger partial charge in [-0.05, 0) is 42.3 Å². The van der Waals surface area contributed by atoms with Crippen molar-refractivity contribution in [3.05, 3.63) is 54.1 Å². The van der Waals surface area contributed by atoms with Crippen molar-refractivity contribution < 1.29 is 35.9 Å². The number of halogens is 3. The van der Waals surface area contributed by atoms with Crippen LogP contribution in [0.25, 0.3) is 0 Å². The number of hydrogen-bond acceptors (Lipinski definition) is 5. The Labute approximate surface area is 183 Å². The van der Waals surface area contributed by atoms with Crippen LogP contribution in [0, 0.1) is 0 Å². The Balaban J connectivity index is 1.77. The predicted molar refractivity (Wildman–Crippen MR) is 110 cm³/mol. The van der Waals surface area contributed by atoms with Crippen molar-refractivity contribution in [2.24, 2.45) is 0 Å². The minimum absolute atomic E-state index is 0.243. The van der Waals surface area contributed by atoms with Crippen LogP contribution in [0.5, 0.6) is 5.75 Å². The molecule has 0 aliphatic rings. The molecule has 0 saturated carbocycles. The molecule has 12 heteroatoms. The molecule has 0 fully saturated rings. The van der Waals surface area contributed by atoms with Gasteiger partial charge in [0.1, 0.15) is 5.75 Å². The molecule has 2 aromatic carbocycles. The molecule has 0 saturated heterocycles. The zero-order chi connectivity index (χ0) is 23.8. The maximum Gasteiger partial charge on any atom is 0.573 e. The van der Waals surface area contributed by atoms with Crippen molar-refractivity contribution >= 4 is 27.5 Å². The monoisotopic (exact) mass is 473 g/mol. The Morgan fingerprint density at radius 3 is 2.28 bits per heavy atom. The van der Waals surface area contributed by atoms with Crippen molar-refractivity contribution in [3.63, 3.8) is 0 Å². The van der Waals surface area contributed by atoms with Gasteiger partial charge in [-0.2, -0.15) is 0 Å². The van der Waals surface area contributed by atoms with Crippen LogP contribution in [0.1, 0.15) is 18.9 Å². The Morgan fingerprint density at radius 2 is 1.66 bits per heavy atom. The van der Waals surface area contributed by atoms with E-state index in [1.807, 2.05) is 19.1 Å². The van der Waals surface area contributed by atoms with Crippen LogP contribution in [0.3, 0.4) is 0 Å². The summed E-state index contributed by atoms with van der Waals surface area (Å²) in [6.07, 6.45) is -4.41. The average molecular weight is 473 g/mol. The van der Waals surface area contributed by atoms with E-state index in [2.05, 4.69) is 20.1 Å². The Morgan fingerprint density at radius 1 is 1.00 bits per heavy atom. The second-order valence-electron chi connectivity index (χ2n) is 6.50. The lowest BCUT2D eigenvalue weighted by atomic mass is 10.1. The fourth-order valence-electron chi connectivity index (χ4n) is 2.61. The molecule has 0 aromatic heterocycles. The van der Waals surface area contributed by atoms with Crippen LogP contribution in [0.4, 0.5) is 18.9 Å². The molecule has 8 nitrogen and oxygen atoms in total. The number of anilines is 1. The number of alkyl halides is 3. The summed E-state index contributed by atoms with van der Waals surface area (Å²) in [6, 6.07) is 10.9. The van der Waals surface area contributed by atoms with E-state index in [1.165, 1.54) is 0 Å². The standard InChI is InChI=1S/C20H22F3N3O5S/c1-2-14-5-3-4-6-17(14)26-19(28)13-24-18(27)11-12-25-32(29,30)16-9-7-15(8-10-16)31-20(21,22)23/h3-10,25H,2,11-13H2,1H3,(H,24,27)(H,26,28). The summed E-state index contributed by atoms with van der Waals surface area (Å²) in [5, 5.41) is 5.08. The molecular formula is C20H22F3N3O5S. The van der Waals surface area contributed by atoms with Crippen LogP contribution in [0.15, 0.2) is 53.4 Å². The maximum absolute atomic E-state index is 12.2. The highest BCUT2D eigenvalue weighted by Gasteiger charge is 2.31. The molecular weight excluding hydrogens is 451 g/mol. The average Bonchev–Trinajstić information content (AvgIpc) is 2.72. The number of nitrogens with one attached hydrogen (secondary N) is 3. The number of ether oxygens (including phenoxy) is 1. The van der Waals surface area contributed by atoms with Gasteiger partial charge in [-0.15, -0.1) is 13.2 Å². The molecule has 0 bridgehead atoms. The number of sulfonamides is 1. The number of hydrogen-bond donors (Lipinski definition) is 3. The molecule has 0 aliphatic carbocycles. The first-order chi connectivity index (χ1) is 15.0. The van der Waals surface area contributed by atoms with Gasteiger partial charge in [0.15, 0.2) is 0 Å². The van der Waals surface area contributed by atoms with E-state index >= 15 is 0 Å². The van der Waals surface area contributed by atoms with Crippen molar-refractivity contribution in [3.8, 4) is 5.75 Å². The largest absolute Gasteiger partial charge is 0.573 e. The van der Waals surface area contributed by atoms with Gasteiger partial charge in [-0.1, -0.05) is 25.1 Å². The zero-order valence-electron chi connectivity index (χ0n) is 17.0. The summed E-state index contributed by atoms with van der Waals surface area (Å²) in [6.45, 7) is 1.39. The first-order valence-corrected chi connectivity index (χ1v) is 11.0. The summed E-state index contributed by atoms with van der Waals surface area (Å²) in [4.78, 5) is 23.6. The lowest BCUT2D eigenvalue weighted by Gasteiger charge is -2.11. The maximum atomic E-state index is 12.2. The quantitative estimate of drug-likeness (QED) is 0.491. The number of para-hydroxylation sites is 1. The highest BCUT2D eigenvalue weighted by Crippen LogP contribution is 2.23. The summed E-state index contributed by atoms with van der Waals surface area (Å²) in [5.41, 5.74) is 1.59. The topological polar surface area (TPSA) is 114 Å². The normalized spacial score (nSPS) is 11.6. The van der Waals surface area contributed by atoms with Crippen LogP contribution >= 0.6 is 0 Å². The molecule has 0 atom stereocenters. The summed E-state index contributed by atoms with van der Waals surface area (Å²) >= 11 is 0. The fraction of sp³-hybridized carbons (Fsp3) is 0.300. The molecule has 2 rings (SSSR count). The van der Waals surface area contributed by atoms with Crippen LogP contribution in [-0.2, 0) is 26.0 Å². The number of amides is 2. The van der Waals surface area contributed by atoms with Gasteiger partial charge in [0, 0.05) is 18.7 Å². The van der Waals surface area contributed by atoms with Crippen LogP contribution < -0.4 is 20.1 Å². The Kier molecular flexibility index (Phi) is 8.61. The second kappa shape index (κ2) is 11.0. The highest BCUT2D eigenvalue weighted by molar-refractivity contribution is 7.89. The molecule has 32 heavy (non-hydrogen) atoms. The third-order valence-electron chi connectivity index (χ3n) is 4.13. The number of rotatable bonds is 10. The predicted octanol–water partition coefficient (Wildman–Crippen LogP) is 2.57. The van der Waals surface area contributed by atoms with E-state index in [1.54, 1.807) is 12.1 Å². The van der Waals surface area contributed by atoms with Gasteiger partial charge >= 0.3 is 6.36 Å². The molecule has 0 spiro atoms. The van der Waals surface area contributed by atoms with Crippen molar-refractivity contribution in [1.82, 2.24) is 10.0 Å². The van der Waals surface area contributed by atoms with Gasteiger partial charge in [-0.3, -0.25) is 9.59 Å². The van der Waals surface area contributed by atoms with Gasteiger partial charge in [0.05, 0.1) is 11.4 Å². The SMILES string of the molecule is CCc1ccccc1NC(=O)CNC(=O)CCNS(=O)(=O)c1ccc(OC(F)(F)F)cc1. The van der Waals surface area contributed by atoms with E-state index < -0.39 is 33.9 Å².